The largest absolute Gasteiger partial charge is 0.365 e. The zero-order chi connectivity index (χ0) is 16.4. The molecule has 2 N–H and O–H groups in total. The summed E-state index contributed by atoms with van der Waals surface area (Å²) < 4.78 is 1.94. The Morgan fingerprint density at radius 1 is 1.23 bits per heavy atom. The molecule has 1 amide bonds. The molecule has 0 radical (unpaired) electrons. The molecule has 0 saturated carbocycles. The standard InChI is InChI=1S/C16H13Cl2N3O/c1-9-3-11(4-12(8-19)16(20)22)10(2)21(9)15-6-13(17)5-14(18)7-15/h3-7H,1-2H3,(H2,20,22). The fraction of sp³-hybridized carbons (Fsp3) is 0.125. The number of amides is 1. The summed E-state index contributed by atoms with van der Waals surface area (Å²) in [4.78, 5) is 11.2. The molecule has 0 bridgehead atoms. The van der Waals surface area contributed by atoms with Crippen LogP contribution < -0.4 is 5.73 Å². The van der Waals surface area contributed by atoms with Crippen molar-refractivity contribution < 1.29 is 4.79 Å². The molecule has 0 fully saturated rings. The Morgan fingerprint density at radius 2 is 1.82 bits per heavy atom. The third-order valence-corrected chi connectivity index (χ3v) is 3.70. The summed E-state index contributed by atoms with van der Waals surface area (Å²) in [6.07, 6.45) is 1.48. The van der Waals surface area contributed by atoms with Crippen LogP contribution in [0, 0.1) is 25.2 Å². The number of hydrogen-bond acceptors (Lipinski definition) is 2. The first-order valence-electron chi connectivity index (χ1n) is 6.40. The molecule has 0 aliphatic carbocycles. The van der Waals surface area contributed by atoms with Crippen LogP contribution in [0.15, 0.2) is 29.8 Å². The summed E-state index contributed by atoms with van der Waals surface area (Å²) >= 11 is 12.1. The third-order valence-electron chi connectivity index (χ3n) is 3.26. The first kappa shape index (κ1) is 16.2. The van der Waals surface area contributed by atoms with Gasteiger partial charge in [0, 0.05) is 27.1 Å². The van der Waals surface area contributed by atoms with Gasteiger partial charge in [0.15, 0.2) is 0 Å². The second-order valence-corrected chi connectivity index (χ2v) is 5.70. The van der Waals surface area contributed by atoms with Crippen LogP contribution in [-0.2, 0) is 4.79 Å². The second-order valence-electron chi connectivity index (χ2n) is 4.82. The summed E-state index contributed by atoms with van der Waals surface area (Å²) in [6.45, 7) is 3.79. The fourth-order valence-electron chi connectivity index (χ4n) is 2.31. The SMILES string of the molecule is Cc1cc(C=C(C#N)C(N)=O)c(C)n1-c1cc(Cl)cc(Cl)c1. The third kappa shape index (κ3) is 3.16. The lowest BCUT2D eigenvalue weighted by Crippen LogP contribution is -2.12. The van der Waals surface area contributed by atoms with Gasteiger partial charge in [0.25, 0.3) is 5.91 Å². The Kier molecular flexibility index (Phi) is 4.60. The number of halogens is 2. The van der Waals surface area contributed by atoms with Gasteiger partial charge in [0.2, 0.25) is 0 Å². The minimum absolute atomic E-state index is 0.0932. The molecule has 1 heterocycles. The highest BCUT2D eigenvalue weighted by Gasteiger charge is 2.12. The van der Waals surface area contributed by atoms with Gasteiger partial charge in [0.1, 0.15) is 11.6 Å². The summed E-state index contributed by atoms with van der Waals surface area (Å²) in [6, 6.07) is 8.90. The molecule has 0 saturated heterocycles. The van der Waals surface area contributed by atoms with Crippen LogP contribution in [-0.4, -0.2) is 10.5 Å². The maximum Gasteiger partial charge on any atom is 0.259 e. The van der Waals surface area contributed by atoms with Gasteiger partial charge in [-0.05, 0) is 49.8 Å². The molecule has 0 unspecified atom stereocenters. The number of carbonyl (C=O) groups is 1. The van der Waals surface area contributed by atoms with E-state index in [1.807, 2.05) is 24.5 Å². The van der Waals surface area contributed by atoms with Crippen molar-refractivity contribution in [1.82, 2.24) is 4.57 Å². The van der Waals surface area contributed by atoms with E-state index in [4.69, 9.17) is 34.2 Å². The summed E-state index contributed by atoms with van der Waals surface area (Å²) in [5.74, 6) is -0.752. The van der Waals surface area contributed by atoms with Crippen LogP contribution in [0.25, 0.3) is 11.8 Å². The molecule has 112 valence electrons. The Labute approximate surface area is 138 Å². The predicted octanol–water partition coefficient (Wildman–Crippen LogP) is 3.79. The maximum absolute atomic E-state index is 11.2. The lowest BCUT2D eigenvalue weighted by Gasteiger charge is -2.10. The maximum atomic E-state index is 11.2. The summed E-state index contributed by atoms with van der Waals surface area (Å²) in [5.41, 5.74) is 8.40. The van der Waals surface area contributed by atoms with Gasteiger partial charge < -0.3 is 10.3 Å². The number of nitriles is 1. The van der Waals surface area contributed by atoms with Crippen molar-refractivity contribution in [3.8, 4) is 11.8 Å². The van der Waals surface area contributed by atoms with Crippen LogP contribution in [0.3, 0.4) is 0 Å². The van der Waals surface area contributed by atoms with Crippen molar-refractivity contribution in [1.29, 1.82) is 5.26 Å². The van der Waals surface area contributed by atoms with Crippen LogP contribution in [0.5, 0.6) is 0 Å². The molecule has 0 aliphatic rings. The highest BCUT2D eigenvalue weighted by molar-refractivity contribution is 6.34. The molecule has 0 aliphatic heterocycles. The Morgan fingerprint density at radius 3 is 2.32 bits per heavy atom. The number of aromatic nitrogens is 1. The molecule has 4 nitrogen and oxygen atoms in total. The monoisotopic (exact) mass is 333 g/mol. The summed E-state index contributed by atoms with van der Waals surface area (Å²) in [5, 5.41) is 10.0. The lowest BCUT2D eigenvalue weighted by molar-refractivity contribution is -0.114. The van der Waals surface area contributed by atoms with Crippen molar-refractivity contribution in [3.63, 3.8) is 0 Å². The van der Waals surface area contributed by atoms with E-state index >= 15 is 0 Å². The first-order valence-corrected chi connectivity index (χ1v) is 7.16. The van der Waals surface area contributed by atoms with Gasteiger partial charge in [-0.2, -0.15) is 5.26 Å². The van der Waals surface area contributed by atoms with Crippen LogP contribution in [0.1, 0.15) is 17.0 Å². The number of rotatable bonds is 3. The summed E-state index contributed by atoms with van der Waals surface area (Å²) in [7, 11) is 0. The molecule has 6 heteroatoms. The number of primary amides is 1. The number of carbonyl (C=O) groups excluding carboxylic acids is 1. The van der Waals surface area contributed by atoms with E-state index < -0.39 is 5.91 Å². The average molecular weight is 334 g/mol. The number of nitrogens with zero attached hydrogens (tertiary/aromatic N) is 2. The second kappa shape index (κ2) is 6.27. The predicted molar refractivity (Wildman–Crippen MR) is 88.0 cm³/mol. The average Bonchev–Trinajstić information content (AvgIpc) is 2.69. The Balaban J connectivity index is 2.62. The van der Waals surface area contributed by atoms with E-state index in [0.717, 1.165) is 22.6 Å². The Hall–Kier alpha value is -2.22. The van der Waals surface area contributed by atoms with E-state index in [1.165, 1.54) is 6.08 Å². The van der Waals surface area contributed by atoms with Crippen molar-refractivity contribution in [2.24, 2.45) is 5.73 Å². The fourth-order valence-corrected chi connectivity index (χ4v) is 2.83. The van der Waals surface area contributed by atoms with Gasteiger partial charge >= 0.3 is 0 Å². The molecular weight excluding hydrogens is 321 g/mol. The smallest absolute Gasteiger partial charge is 0.259 e. The van der Waals surface area contributed by atoms with Crippen LogP contribution in [0.2, 0.25) is 10.0 Å². The number of nitrogens with two attached hydrogens (primary N) is 1. The van der Waals surface area contributed by atoms with Crippen molar-refractivity contribution in [2.75, 3.05) is 0 Å². The van der Waals surface area contributed by atoms with Gasteiger partial charge in [-0.3, -0.25) is 4.79 Å². The Bertz CT molecular complexity index is 808. The molecule has 22 heavy (non-hydrogen) atoms. The van der Waals surface area contributed by atoms with Crippen LogP contribution >= 0.6 is 23.2 Å². The normalized spacial score (nSPS) is 11.3. The van der Waals surface area contributed by atoms with E-state index in [0.29, 0.717) is 10.0 Å². The van der Waals surface area contributed by atoms with E-state index in [1.54, 1.807) is 24.3 Å². The molecule has 0 spiro atoms. The van der Waals surface area contributed by atoms with E-state index in [9.17, 15) is 4.79 Å². The van der Waals surface area contributed by atoms with E-state index in [-0.39, 0.29) is 5.57 Å². The first-order chi connectivity index (χ1) is 10.3. The van der Waals surface area contributed by atoms with Crippen molar-refractivity contribution in [2.45, 2.75) is 13.8 Å². The topological polar surface area (TPSA) is 71.8 Å². The number of hydrogen-bond donors (Lipinski definition) is 1. The van der Waals surface area contributed by atoms with Gasteiger partial charge in [-0.1, -0.05) is 23.2 Å². The number of benzene rings is 1. The van der Waals surface area contributed by atoms with E-state index in [2.05, 4.69) is 0 Å². The zero-order valence-electron chi connectivity index (χ0n) is 12.0. The number of aryl methyl sites for hydroxylation is 1. The molecule has 0 atom stereocenters. The minimum Gasteiger partial charge on any atom is -0.365 e. The quantitative estimate of drug-likeness (QED) is 0.685. The molecule has 1 aromatic heterocycles. The van der Waals surface area contributed by atoms with Gasteiger partial charge in [-0.15, -0.1) is 0 Å². The van der Waals surface area contributed by atoms with Crippen molar-refractivity contribution in [3.05, 3.63) is 56.8 Å². The van der Waals surface area contributed by atoms with Gasteiger partial charge in [0.05, 0.1) is 0 Å². The van der Waals surface area contributed by atoms with Crippen molar-refractivity contribution >= 4 is 35.2 Å². The molecular formula is C16H13Cl2N3O. The molecule has 2 aromatic rings. The molecule has 2 rings (SSSR count). The molecule has 1 aromatic carbocycles. The minimum atomic E-state index is -0.752. The van der Waals surface area contributed by atoms with Gasteiger partial charge in [-0.25, -0.2) is 0 Å². The van der Waals surface area contributed by atoms with Crippen LogP contribution in [0.4, 0.5) is 0 Å². The lowest BCUT2D eigenvalue weighted by atomic mass is 10.1. The highest BCUT2D eigenvalue weighted by atomic mass is 35.5. The zero-order valence-corrected chi connectivity index (χ0v) is 13.5. The highest BCUT2D eigenvalue weighted by Crippen LogP contribution is 2.27.